The van der Waals surface area contributed by atoms with Gasteiger partial charge in [-0.3, -0.25) is 4.90 Å². The van der Waals surface area contributed by atoms with E-state index in [0.717, 1.165) is 6.54 Å². The number of ether oxygens (including phenoxy) is 1. The Kier molecular flexibility index (Phi) is 5.65. The third-order valence-electron chi connectivity index (χ3n) is 4.23. The van der Waals surface area contributed by atoms with Crippen LogP contribution in [0.5, 0.6) is 0 Å². The van der Waals surface area contributed by atoms with Crippen LogP contribution in [0.1, 0.15) is 50.4 Å². The van der Waals surface area contributed by atoms with E-state index in [-0.39, 0.29) is 12.1 Å². The molecule has 1 aliphatic rings. The molecular formula is C17H24ClNO2. The van der Waals surface area contributed by atoms with Gasteiger partial charge in [0, 0.05) is 23.7 Å². The van der Waals surface area contributed by atoms with E-state index in [1.54, 1.807) is 24.3 Å². The van der Waals surface area contributed by atoms with Crippen molar-refractivity contribution in [3.63, 3.8) is 0 Å². The quantitative estimate of drug-likeness (QED) is 0.783. The molecule has 1 aliphatic heterocycles. The monoisotopic (exact) mass is 309 g/mol. The van der Waals surface area contributed by atoms with E-state index in [0.29, 0.717) is 22.7 Å². The lowest BCUT2D eigenvalue weighted by Gasteiger charge is -2.40. The van der Waals surface area contributed by atoms with Crippen LogP contribution in [0.3, 0.4) is 0 Å². The maximum absolute atomic E-state index is 12.1. The zero-order chi connectivity index (χ0) is 15.4. The standard InChI is InChI=1S/C17H24ClNO2/c1-12-5-4-6-13(2)19(12)11-14(3)21-17(20)15-7-9-16(18)10-8-15/h7-10,12-14H,4-6,11H2,1-3H3. The minimum atomic E-state index is -0.281. The summed E-state index contributed by atoms with van der Waals surface area (Å²) in [6.45, 7) is 7.26. The Morgan fingerprint density at radius 1 is 1.29 bits per heavy atom. The molecule has 3 unspecified atom stereocenters. The van der Waals surface area contributed by atoms with Crippen LogP contribution in [-0.4, -0.2) is 35.6 Å². The van der Waals surface area contributed by atoms with Crippen LogP contribution in [-0.2, 0) is 4.74 Å². The summed E-state index contributed by atoms with van der Waals surface area (Å²) in [4.78, 5) is 14.5. The Morgan fingerprint density at radius 3 is 2.43 bits per heavy atom. The molecule has 0 bridgehead atoms. The highest BCUT2D eigenvalue weighted by molar-refractivity contribution is 6.30. The number of hydrogen-bond acceptors (Lipinski definition) is 3. The van der Waals surface area contributed by atoms with Crippen molar-refractivity contribution in [1.82, 2.24) is 4.90 Å². The van der Waals surface area contributed by atoms with Crippen molar-refractivity contribution in [1.29, 1.82) is 0 Å². The molecule has 1 fully saturated rings. The molecule has 4 heteroatoms. The number of rotatable bonds is 4. The number of nitrogens with zero attached hydrogens (tertiary/aromatic N) is 1. The molecule has 0 N–H and O–H groups in total. The number of carbonyl (C=O) groups is 1. The van der Waals surface area contributed by atoms with Crippen molar-refractivity contribution < 1.29 is 9.53 Å². The van der Waals surface area contributed by atoms with Gasteiger partial charge in [-0.05, 0) is 57.9 Å². The van der Waals surface area contributed by atoms with E-state index in [1.165, 1.54) is 19.3 Å². The first kappa shape index (κ1) is 16.3. The molecule has 0 radical (unpaired) electrons. The molecule has 1 saturated heterocycles. The van der Waals surface area contributed by atoms with Gasteiger partial charge in [0.1, 0.15) is 6.10 Å². The van der Waals surface area contributed by atoms with Gasteiger partial charge < -0.3 is 4.74 Å². The Labute approximate surface area is 132 Å². The molecule has 1 heterocycles. The van der Waals surface area contributed by atoms with Gasteiger partial charge in [-0.1, -0.05) is 18.0 Å². The number of carbonyl (C=O) groups excluding carboxylic acids is 1. The SMILES string of the molecule is CC(CN1C(C)CCCC1C)OC(=O)c1ccc(Cl)cc1. The van der Waals surface area contributed by atoms with Gasteiger partial charge in [-0.25, -0.2) is 4.79 Å². The fourth-order valence-electron chi connectivity index (χ4n) is 3.01. The van der Waals surface area contributed by atoms with Crippen LogP contribution < -0.4 is 0 Å². The first-order valence-electron chi connectivity index (χ1n) is 7.69. The van der Waals surface area contributed by atoms with E-state index in [4.69, 9.17) is 16.3 Å². The van der Waals surface area contributed by atoms with Crippen molar-refractivity contribution in [2.45, 2.75) is 58.2 Å². The summed E-state index contributed by atoms with van der Waals surface area (Å²) < 4.78 is 5.55. The Bertz CT molecular complexity index is 464. The average Bonchev–Trinajstić information content (AvgIpc) is 2.43. The van der Waals surface area contributed by atoms with Gasteiger partial charge in [0.25, 0.3) is 0 Å². The minimum Gasteiger partial charge on any atom is -0.458 e. The molecule has 3 atom stereocenters. The number of piperidine rings is 1. The smallest absolute Gasteiger partial charge is 0.338 e. The summed E-state index contributed by atoms with van der Waals surface area (Å²) in [6.07, 6.45) is 3.62. The lowest BCUT2D eigenvalue weighted by molar-refractivity contribution is 0.00812. The predicted molar refractivity (Wildman–Crippen MR) is 85.8 cm³/mol. The number of halogens is 1. The van der Waals surface area contributed by atoms with E-state index < -0.39 is 0 Å². The molecule has 2 rings (SSSR count). The zero-order valence-corrected chi connectivity index (χ0v) is 13.8. The highest BCUT2D eigenvalue weighted by Gasteiger charge is 2.26. The number of esters is 1. The molecule has 0 saturated carbocycles. The summed E-state index contributed by atoms with van der Waals surface area (Å²) in [5.41, 5.74) is 0.547. The molecule has 0 spiro atoms. The van der Waals surface area contributed by atoms with Crippen LogP contribution in [0.25, 0.3) is 0 Å². The van der Waals surface area contributed by atoms with Crippen molar-refractivity contribution >= 4 is 17.6 Å². The average molecular weight is 310 g/mol. The first-order chi connectivity index (χ1) is 9.97. The second-order valence-electron chi connectivity index (χ2n) is 6.05. The lowest BCUT2D eigenvalue weighted by atomic mass is 9.97. The van der Waals surface area contributed by atoms with E-state index >= 15 is 0 Å². The Morgan fingerprint density at radius 2 is 1.86 bits per heavy atom. The van der Waals surface area contributed by atoms with Crippen molar-refractivity contribution in [3.8, 4) is 0 Å². The first-order valence-corrected chi connectivity index (χ1v) is 8.07. The summed E-state index contributed by atoms with van der Waals surface area (Å²) in [5, 5.41) is 0.621. The van der Waals surface area contributed by atoms with Gasteiger partial charge in [0.05, 0.1) is 5.56 Å². The predicted octanol–water partition coefficient (Wildman–Crippen LogP) is 4.15. The summed E-state index contributed by atoms with van der Waals surface area (Å²) >= 11 is 5.82. The summed E-state index contributed by atoms with van der Waals surface area (Å²) in [7, 11) is 0. The lowest BCUT2D eigenvalue weighted by Crippen LogP contribution is -2.47. The number of hydrogen-bond donors (Lipinski definition) is 0. The third-order valence-corrected chi connectivity index (χ3v) is 4.48. The van der Waals surface area contributed by atoms with Crippen molar-refractivity contribution in [3.05, 3.63) is 34.9 Å². The normalized spacial score (nSPS) is 24.6. The van der Waals surface area contributed by atoms with Gasteiger partial charge >= 0.3 is 5.97 Å². The van der Waals surface area contributed by atoms with E-state index in [1.807, 2.05) is 6.92 Å². The van der Waals surface area contributed by atoms with Crippen LogP contribution >= 0.6 is 11.6 Å². The second kappa shape index (κ2) is 7.28. The van der Waals surface area contributed by atoms with Crippen molar-refractivity contribution in [2.24, 2.45) is 0 Å². The highest BCUT2D eigenvalue weighted by Crippen LogP contribution is 2.23. The summed E-state index contributed by atoms with van der Waals surface area (Å²) in [6, 6.07) is 7.93. The summed E-state index contributed by atoms with van der Waals surface area (Å²) in [5.74, 6) is -0.281. The van der Waals surface area contributed by atoms with E-state index in [9.17, 15) is 4.79 Å². The Balaban J connectivity index is 1.90. The highest BCUT2D eigenvalue weighted by atomic mass is 35.5. The minimum absolute atomic E-state index is 0.115. The van der Waals surface area contributed by atoms with Gasteiger partial charge in [0.2, 0.25) is 0 Å². The maximum Gasteiger partial charge on any atom is 0.338 e. The fraction of sp³-hybridized carbons (Fsp3) is 0.588. The number of likely N-dealkylation sites (tertiary alicyclic amines) is 1. The van der Waals surface area contributed by atoms with Gasteiger partial charge in [-0.15, -0.1) is 0 Å². The van der Waals surface area contributed by atoms with Gasteiger partial charge in [-0.2, -0.15) is 0 Å². The Hall–Kier alpha value is -1.06. The van der Waals surface area contributed by atoms with Crippen LogP contribution in [0, 0.1) is 0 Å². The maximum atomic E-state index is 12.1. The van der Waals surface area contributed by atoms with E-state index in [2.05, 4.69) is 18.7 Å². The molecule has 1 aromatic carbocycles. The fourth-order valence-corrected chi connectivity index (χ4v) is 3.13. The second-order valence-corrected chi connectivity index (χ2v) is 6.48. The van der Waals surface area contributed by atoms with Crippen LogP contribution in [0.4, 0.5) is 0 Å². The number of benzene rings is 1. The molecule has 0 aromatic heterocycles. The molecule has 0 amide bonds. The molecule has 21 heavy (non-hydrogen) atoms. The molecular weight excluding hydrogens is 286 g/mol. The van der Waals surface area contributed by atoms with Crippen LogP contribution in [0.15, 0.2) is 24.3 Å². The molecule has 0 aliphatic carbocycles. The largest absolute Gasteiger partial charge is 0.458 e. The molecule has 116 valence electrons. The zero-order valence-electron chi connectivity index (χ0n) is 13.0. The van der Waals surface area contributed by atoms with Crippen LogP contribution in [0.2, 0.25) is 5.02 Å². The topological polar surface area (TPSA) is 29.5 Å². The van der Waals surface area contributed by atoms with Gasteiger partial charge in [0.15, 0.2) is 0 Å². The van der Waals surface area contributed by atoms with Crippen molar-refractivity contribution in [2.75, 3.05) is 6.54 Å². The molecule has 3 nitrogen and oxygen atoms in total. The molecule has 1 aromatic rings. The third kappa shape index (κ3) is 4.45.